The Hall–Kier alpha value is -0.570. The van der Waals surface area contributed by atoms with E-state index in [9.17, 15) is 15.3 Å². The number of nitrogens with zero attached hydrogens (tertiary/aromatic N) is 1. The maximum Gasteiger partial charge on any atom is 0.184 e. The predicted molar refractivity (Wildman–Crippen MR) is 56.6 cm³/mol. The van der Waals surface area contributed by atoms with E-state index in [1.54, 1.807) is 0 Å². The summed E-state index contributed by atoms with van der Waals surface area (Å²) in [6.45, 7) is 3.41. The summed E-state index contributed by atoms with van der Waals surface area (Å²) < 4.78 is 10.4. The van der Waals surface area contributed by atoms with Gasteiger partial charge in [0.2, 0.25) is 0 Å². The fourth-order valence-corrected chi connectivity index (χ4v) is 2.35. The Morgan fingerprint density at radius 1 is 1.41 bits per heavy atom. The van der Waals surface area contributed by atoms with Crippen LogP contribution in [-0.4, -0.2) is 77.1 Å². The molecule has 17 heavy (non-hydrogen) atoms. The zero-order valence-electron chi connectivity index (χ0n) is 9.27. The summed E-state index contributed by atoms with van der Waals surface area (Å²) in [5.41, 5.74) is -1.56. The van der Waals surface area contributed by atoms with Crippen molar-refractivity contribution in [2.75, 3.05) is 19.8 Å². The van der Waals surface area contributed by atoms with Gasteiger partial charge in [0, 0.05) is 0 Å². The number of aliphatic hydroxyl groups is 4. The maximum absolute atomic E-state index is 9.96. The Labute approximate surface area is 98.3 Å². The molecule has 1 aliphatic carbocycles. The Bertz CT molecular complexity index is 297. The number of rotatable bonds is 5. The fraction of sp³-hybridized carbons (Fsp3) is 0.900. The Morgan fingerprint density at radius 2 is 2.12 bits per heavy atom. The Morgan fingerprint density at radius 3 is 2.71 bits per heavy atom. The number of hydrogen-bond donors (Lipinski definition) is 4. The summed E-state index contributed by atoms with van der Waals surface area (Å²) in [5, 5.41) is 38.4. The van der Waals surface area contributed by atoms with Crippen molar-refractivity contribution in [3.05, 3.63) is 0 Å². The first-order chi connectivity index (χ1) is 8.07. The molecule has 1 saturated carbocycles. The number of aliphatic imine (C=N–C) groups is 1. The molecular weight excluding hydrogens is 230 g/mol. The summed E-state index contributed by atoms with van der Waals surface area (Å²) in [7, 11) is 0. The van der Waals surface area contributed by atoms with E-state index in [1.165, 1.54) is 0 Å². The van der Waals surface area contributed by atoms with Gasteiger partial charge in [-0.3, -0.25) is 4.99 Å². The maximum atomic E-state index is 9.96. The predicted octanol–water partition coefficient (Wildman–Crippen LogP) is -2.50. The smallest absolute Gasteiger partial charge is 0.184 e. The van der Waals surface area contributed by atoms with Gasteiger partial charge in [0.15, 0.2) is 6.29 Å². The molecule has 2 rings (SSSR count). The molecule has 7 heteroatoms. The normalized spacial score (nSPS) is 48.6. The number of fused-ring (bicyclic) bond motifs is 1. The van der Waals surface area contributed by atoms with E-state index in [0.717, 1.165) is 0 Å². The first kappa shape index (κ1) is 12.9. The molecule has 0 aromatic rings. The van der Waals surface area contributed by atoms with Crippen LogP contribution in [0, 0.1) is 5.92 Å². The van der Waals surface area contributed by atoms with Gasteiger partial charge in [-0.05, 0) is 6.72 Å². The van der Waals surface area contributed by atoms with E-state index in [2.05, 4.69) is 11.7 Å². The van der Waals surface area contributed by atoms with Crippen LogP contribution in [0.25, 0.3) is 0 Å². The van der Waals surface area contributed by atoms with E-state index < -0.39 is 42.7 Å². The summed E-state index contributed by atoms with van der Waals surface area (Å²) in [6, 6.07) is 0. The molecule has 0 amide bonds. The van der Waals surface area contributed by atoms with Gasteiger partial charge in [-0.15, -0.1) is 0 Å². The molecule has 2 aliphatic rings. The van der Waals surface area contributed by atoms with Gasteiger partial charge in [0.25, 0.3) is 0 Å². The van der Waals surface area contributed by atoms with Crippen LogP contribution in [0.5, 0.6) is 0 Å². The van der Waals surface area contributed by atoms with Crippen LogP contribution >= 0.6 is 0 Å². The second kappa shape index (κ2) is 4.60. The topological polar surface area (TPSA) is 112 Å². The third-order valence-corrected chi connectivity index (χ3v) is 3.40. The zero-order valence-corrected chi connectivity index (χ0v) is 9.27. The van der Waals surface area contributed by atoms with Crippen molar-refractivity contribution in [1.82, 2.24) is 0 Å². The second-order valence-electron chi connectivity index (χ2n) is 4.34. The first-order valence-electron chi connectivity index (χ1n) is 5.46. The lowest BCUT2D eigenvalue weighted by Crippen LogP contribution is -2.51. The quantitative estimate of drug-likeness (QED) is 0.316. The van der Waals surface area contributed by atoms with Crippen LogP contribution in [-0.2, 0) is 9.47 Å². The van der Waals surface area contributed by atoms with Crippen molar-refractivity contribution in [2.24, 2.45) is 10.9 Å². The second-order valence-corrected chi connectivity index (χ2v) is 4.34. The molecule has 1 heterocycles. The minimum Gasteiger partial charge on any atom is -0.394 e. The van der Waals surface area contributed by atoms with Crippen molar-refractivity contribution in [2.45, 2.75) is 30.2 Å². The average molecular weight is 247 g/mol. The van der Waals surface area contributed by atoms with Crippen molar-refractivity contribution in [3.63, 3.8) is 0 Å². The van der Waals surface area contributed by atoms with Crippen LogP contribution in [0.15, 0.2) is 4.99 Å². The molecule has 7 nitrogen and oxygen atoms in total. The lowest BCUT2D eigenvalue weighted by molar-refractivity contribution is -0.272. The summed E-state index contributed by atoms with van der Waals surface area (Å²) in [5.74, 6) is -0.741. The third-order valence-electron chi connectivity index (χ3n) is 3.40. The molecule has 1 aliphatic heterocycles. The van der Waals surface area contributed by atoms with Gasteiger partial charge in [0.05, 0.1) is 31.8 Å². The largest absolute Gasteiger partial charge is 0.394 e. The molecule has 4 N–H and O–H groups in total. The highest BCUT2D eigenvalue weighted by molar-refractivity contribution is 5.23. The summed E-state index contributed by atoms with van der Waals surface area (Å²) >= 11 is 0. The summed E-state index contributed by atoms with van der Waals surface area (Å²) in [4.78, 5) is 3.58. The van der Waals surface area contributed by atoms with Gasteiger partial charge in [-0.1, -0.05) is 0 Å². The molecule has 1 saturated heterocycles. The Balaban J connectivity index is 1.99. The molecule has 0 spiro atoms. The van der Waals surface area contributed by atoms with Crippen LogP contribution in [0.1, 0.15) is 0 Å². The molecule has 0 aromatic carbocycles. The minimum absolute atomic E-state index is 0.213. The molecule has 5 unspecified atom stereocenters. The highest BCUT2D eigenvalue weighted by Crippen LogP contribution is 2.53. The zero-order chi connectivity index (χ0) is 12.6. The van der Waals surface area contributed by atoms with Crippen molar-refractivity contribution < 1.29 is 29.9 Å². The van der Waals surface area contributed by atoms with Crippen LogP contribution in [0.3, 0.4) is 0 Å². The van der Waals surface area contributed by atoms with E-state index in [-0.39, 0.29) is 6.61 Å². The SMILES string of the molecule is C=NCCO[C@H]1OC(CO)C2(O)C(O)C2C1O. The van der Waals surface area contributed by atoms with Gasteiger partial charge in [0.1, 0.15) is 17.8 Å². The molecular formula is C10H17NO6. The standard InChI is InChI=1S/C10H17NO6/c1-11-2-3-16-9-7(13)6-8(14)10(6,15)5(4-12)17-9/h5-9,12-15H,1-4H2/t5?,6?,7?,8?,9-,10?/m0/s1. The first-order valence-corrected chi connectivity index (χ1v) is 5.46. The summed E-state index contributed by atoms with van der Waals surface area (Å²) in [6.07, 6.45) is -4.15. The van der Waals surface area contributed by atoms with E-state index in [1.807, 2.05) is 0 Å². The molecule has 6 atom stereocenters. The van der Waals surface area contributed by atoms with Gasteiger partial charge in [-0.2, -0.15) is 0 Å². The highest BCUT2D eigenvalue weighted by atomic mass is 16.7. The van der Waals surface area contributed by atoms with Crippen LogP contribution in [0.2, 0.25) is 0 Å². The van der Waals surface area contributed by atoms with E-state index in [4.69, 9.17) is 14.6 Å². The lowest BCUT2D eigenvalue weighted by Gasteiger charge is -2.35. The van der Waals surface area contributed by atoms with Crippen molar-refractivity contribution in [3.8, 4) is 0 Å². The molecule has 0 bridgehead atoms. The minimum atomic E-state index is -1.56. The van der Waals surface area contributed by atoms with E-state index in [0.29, 0.717) is 6.54 Å². The van der Waals surface area contributed by atoms with Crippen molar-refractivity contribution in [1.29, 1.82) is 0 Å². The number of aliphatic hydroxyl groups excluding tert-OH is 3. The van der Waals surface area contributed by atoms with Crippen LogP contribution in [0.4, 0.5) is 0 Å². The third kappa shape index (κ3) is 1.88. The Kier molecular flexibility index (Phi) is 3.48. The van der Waals surface area contributed by atoms with E-state index >= 15 is 0 Å². The lowest BCUT2D eigenvalue weighted by atomic mass is 10.0. The monoisotopic (exact) mass is 247 g/mol. The van der Waals surface area contributed by atoms with Gasteiger partial charge < -0.3 is 29.9 Å². The molecule has 0 radical (unpaired) electrons. The van der Waals surface area contributed by atoms with Crippen LogP contribution < -0.4 is 0 Å². The number of ether oxygens (including phenoxy) is 2. The fourth-order valence-electron chi connectivity index (χ4n) is 2.35. The molecule has 2 fully saturated rings. The van der Waals surface area contributed by atoms with Gasteiger partial charge >= 0.3 is 0 Å². The molecule has 98 valence electrons. The highest BCUT2D eigenvalue weighted by Gasteiger charge is 2.75. The van der Waals surface area contributed by atoms with Gasteiger partial charge in [-0.25, -0.2) is 0 Å². The number of hydrogen-bond acceptors (Lipinski definition) is 7. The van der Waals surface area contributed by atoms with Crippen molar-refractivity contribution >= 4 is 6.72 Å². The average Bonchev–Trinajstić information content (AvgIpc) is 2.87. The molecule has 0 aromatic heterocycles.